The van der Waals surface area contributed by atoms with E-state index in [0.717, 1.165) is 11.8 Å². The highest BCUT2D eigenvalue weighted by molar-refractivity contribution is 4.66. The van der Waals surface area contributed by atoms with Crippen LogP contribution in [0.15, 0.2) is 0 Å². The van der Waals surface area contributed by atoms with Crippen molar-refractivity contribution in [2.24, 2.45) is 11.8 Å². The normalized spacial score (nSPS) is 28.2. The van der Waals surface area contributed by atoms with Crippen LogP contribution in [0.2, 0.25) is 0 Å². The summed E-state index contributed by atoms with van der Waals surface area (Å²) >= 11 is 0. The Morgan fingerprint density at radius 1 is 0.941 bits per heavy atom. The van der Waals surface area contributed by atoms with Gasteiger partial charge >= 0.3 is 0 Å². The molecule has 1 aliphatic rings. The largest absolute Gasteiger partial charge is 0.307 e. The zero-order valence-electron chi connectivity index (χ0n) is 12.4. The first-order valence-electron chi connectivity index (χ1n) is 7.91. The lowest BCUT2D eigenvalue weighted by Gasteiger charge is -2.23. The van der Waals surface area contributed by atoms with E-state index in [1.165, 1.54) is 70.9 Å². The summed E-state index contributed by atoms with van der Waals surface area (Å²) in [7, 11) is 2.25. The average molecular weight is 239 g/mol. The molecule has 1 aliphatic carbocycles. The molecule has 0 amide bonds. The molecule has 0 spiro atoms. The summed E-state index contributed by atoms with van der Waals surface area (Å²) in [6.07, 6.45) is 13.3. The van der Waals surface area contributed by atoms with E-state index in [4.69, 9.17) is 0 Å². The summed E-state index contributed by atoms with van der Waals surface area (Å²) in [5.41, 5.74) is 0. The molecule has 1 saturated carbocycles. The Bertz CT molecular complexity index is 178. The second-order valence-corrected chi connectivity index (χ2v) is 6.22. The molecular formula is C16H33N. The molecule has 0 saturated heterocycles. The number of nitrogens with zero attached hydrogens (tertiary/aromatic N) is 1. The van der Waals surface area contributed by atoms with Gasteiger partial charge in [-0.25, -0.2) is 0 Å². The van der Waals surface area contributed by atoms with Crippen molar-refractivity contribution >= 4 is 0 Å². The highest BCUT2D eigenvalue weighted by Crippen LogP contribution is 2.26. The maximum atomic E-state index is 2.46. The van der Waals surface area contributed by atoms with E-state index in [-0.39, 0.29) is 0 Å². The van der Waals surface area contributed by atoms with Crippen LogP contribution in [0.5, 0.6) is 0 Å². The lowest BCUT2D eigenvalue weighted by atomic mass is 9.87. The van der Waals surface area contributed by atoms with Crippen LogP contribution in [0, 0.1) is 11.8 Å². The molecule has 1 heteroatoms. The fraction of sp³-hybridized carbons (Fsp3) is 1.00. The fourth-order valence-electron chi connectivity index (χ4n) is 3.00. The Morgan fingerprint density at radius 2 is 1.59 bits per heavy atom. The zero-order chi connectivity index (χ0) is 12.5. The third-order valence-electron chi connectivity index (χ3n) is 4.58. The summed E-state index contributed by atoms with van der Waals surface area (Å²) in [5.74, 6) is 1.99. The van der Waals surface area contributed by atoms with Crippen LogP contribution in [-0.2, 0) is 0 Å². The summed E-state index contributed by atoms with van der Waals surface area (Å²) in [6, 6.07) is 0. The van der Waals surface area contributed by atoms with Gasteiger partial charge < -0.3 is 4.90 Å². The molecule has 0 heterocycles. The van der Waals surface area contributed by atoms with Crippen LogP contribution in [-0.4, -0.2) is 25.0 Å². The molecule has 17 heavy (non-hydrogen) atoms. The molecule has 2 atom stereocenters. The number of hydrogen-bond acceptors (Lipinski definition) is 1. The van der Waals surface area contributed by atoms with Crippen molar-refractivity contribution in [1.29, 1.82) is 0 Å². The number of hydrogen-bond donors (Lipinski definition) is 0. The standard InChI is InChI=1S/C16H33N/c1-4-17(3)14-13-16-11-7-5-6-9-15(2)10-8-12-16/h15-16H,4-14H2,1-3H3. The number of rotatable bonds is 4. The Hall–Kier alpha value is -0.0400. The van der Waals surface area contributed by atoms with Crippen LogP contribution in [0.4, 0.5) is 0 Å². The van der Waals surface area contributed by atoms with Crippen LogP contribution in [0.1, 0.15) is 71.6 Å². The van der Waals surface area contributed by atoms with Gasteiger partial charge in [0.2, 0.25) is 0 Å². The van der Waals surface area contributed by atoms with Crippen molar-refractivity contribution in [3.63, 3.8) is 0 Å². The molecule has 0 aliphatic heterocycles. The first kappa shape index (κ1) is 15.0. The molecular weight excluding hydrogens is 206 g/mol. The van der Waals surface area contributed by atoms with E-state index in [2.05, 4.69) is 25.8 Å². The van der Waals surface area contributed by atoms with Crippen molar-refractivity contribution in [3.05, 3.63) is 0 Å². The molecule has 0 N–H and O–H groups in total. The molecule has 0 bridgehead atoms. The van der Waals surface area contributed by atoms with Gasteiger partial charge in [0.05, 0.1) is 0 Å². The molecule has 102 valence electrons. The zero-order valence-corrected chi connectivity index (χ0v) is 12.4. The van der Waals surface area contributed by atoms with E-state index >= 15 is 0 Å². The Kier molecular flexibility index (Phi) is 7.92. The smallest absolute Gasteiger partial charge is 0.00193 e. The van der Waals surface area contributed by atoms with Gasteiger partial charge in [-0.2, -0.15) is 0 Å². The molecule has 0 radical (unpaired) electrons. The summed E-state index contributed by atoms with van der Waals surface area (Å²) < 4.78 is 0. The lowest BCUT2D eigenvalue weighted by Crippen LogP contribution is -2.21. The lowest BCUT2D eigenvalue weighted by molar-refractivity contribution is 0.279. The second kappa shape index (κ2) is 8.97. The monoisotopic (exact) mass is 239 g/mol. The van der Waals surface area contributed by atoms with Gasteiger partial charge in [0, 0.05) is 0 Å². The first-order valence-corrected chi connectivity index (χ1v) is 7.91. The minimum atomic E-state index is 0.979. The van der Waals surface area contributed by atoms with E-state index in [1.54, 1.807) is 0 Å². The topological polar surface area (TPSA) is 3.24 Å². The van der Waals surface area contributed by atoms with E-state index in [0.29, 0.717) is 0 Å². The van der Waals surface area contributed by atoms with E-state index in [9.17, 15) is 0 Å². The average Bonchev–Trinajstić information content (AvgIpc) is 2.34. The van der Waals surface area contributed by atoms with E-state index < -0.39 is 0 Å². The summed E-state index contributed by atoms with van der Waals surface area (Å²) in [5, 5.41) is 0. The third-order valence-corrected chi connectivity index (χ3v) is 4.58. The van der Waals surface area contributed by atoms with Crippen LogP contribution in [0.25, 0.3) is 0 Å². The minimum Gasteiger partial charge on any atom is -0.307 e. The second-order valence-electron chi connectivity index (χ2n) is 6.22. The van der Waals surface area contributed by atoms with Crippen molar-refractivity contribution in [1.82, 2.24) is 4.90 Å². The van der Waals surface area contributed by atoms with E-state index in [1.807, 2.05) is 0 Å². The van der Waals surface area contributed by atoms with Crippen LogP contribution in [0.3, 0.4) is 0 Å². The molecule has 0 aromatic rings. The predicted octanol–water partition coefficient (Wildman–Crippen LogP) is 4.71. The highest BCUT2D eigenvalue weighted by atomic mass is 15.1. The highest BCUT2D eigenvalue weighted by Gasteiger charge is 2.12. The summed E-state index contributed by atoms with van der Waals surface area (Å²) in [4.78, 5) is 2.46. The van der Waals surface area contributed by atoms with Gasteiger partial charge in [-0.3, -0.25) is 0 Å². The molecule has 1 fully saturated rings. The van der Waals surface area contributed by atoms with Gasteiger partial charge in [0.1, 0.15) is 0 Å². The van der Waals surface area contributed by atoms with Gasteiger partial charge in [0.25, 0.3) is 0 Å². The molecule has 1 rings (SSSR count). The minimum absolute atomic E-state index is 0.979. The first-order chi connectivity index (χ1) is 8.22. The molecule has 0 aromatic heterocycles. The SMILES string of the molecule is CCN(C)CCC1CCCCCC(C)CCC1. The van der Waals surface area contributed by atoms with Crippen LogP contribution < -0.4 is 0 Å². The fourth-order valence-corrected chi connectivity index (χ4v) is 3.00. The van der Waals surface area contributed by atoms with Crippen molar-refractivity contribution < 1.29 is 0 Å². The maximum Gasteiger partial charge on any atom is -0.00193 e. The van der Waals surface area contributed by atoms with Gasteiger partial charge in [-0.1, -0.05) is 65.2 Å². The third kappa shape index (κ3) is 7.08. The molecule has 2 unspecified atom stereocenters. The van der Waals surface area contributed by atoms with Gasteiger partial charge in [-0.15, -0.1) is 0 Å². The molecule has 1 nitrogen and oxygen atoms in total. The van der Waals surface area contributed by atoms with Gasteiger partial charge in [0.15, 0.2) is 0 Å². The van der Waals surface area contributed by atoms with Crippen molar-refractivity contribution in [2.75, 3.05) is 20.1 Å². The maximum absolute atomic E-state index is 2.46. The summed E-state index contributed by atoms with van der Waals surface area (Å²) in [6.45, 7) is 7.21. The Balaban J connectivity index is 2.25. The quantitative estimate of drug-likeness (QED) is 0.686. The molecule has 0 aromatic carbocycles. The Labute approximate surface area is 109 Å². The Morgan fingerprint density at radius 3 is 2.35 bits per heavy atom. The van der Waals surface area contributed by atoms with Gasteiger partial charge in [-0.05, 0) is 38.4 Å². The van der Waals surface area contributed by atoms with Crippen molar-refractivity contribution in [2.45, 2.75) is 71.6 Å². The predicted molar refractivity (Wildman–Crippen MR) is 77.4 cm³/mol. The van der Waals surface area contributed by atoms with Crippen LogP contribution >= 0.6 is 0 Å². The van der Waals surface area contributed by atoms with Crippen molar-refractivity contribution in [3.8, 4) is 0 Å².